The number of aliphatic hydroxyl groups excluding tert-OH is 2. The second-order valence-electron chi connectivity index (χ2n) is 3.06. The topological polar surface area (TPSA) is 139 Å². The Kier molecular flexibility index (Phi) is 3.91. The quantitative estimate of drug-likeness (QED) is 0.382. The molecule has 0 aromatic heterocycles. The Balaban J connectivity index is 3.13. The molecular formula is C8H9N3O6. The summed E-state index contributed by atoms with van der Waals surface area (Å²) >= 11 is 0. The molecule has 0 aliphatic heterocycles. The number of anilines is 1. The summed E-state index contributed by atoms with van der Waals surface area (Å²) in [5, 5.41) is 41.0. The molecule has 0 radical (unpaired) electrons. The predicted molar refractivity (Wildman–Crippen MR) is 56.5 cm³/mol. The van der Waals surface area contributed by atoms with Crippen LogP contribution in [-0.4, -0.2) is 32.9 Å². The van der Waals surface area contributed by atoms with Crippen LogP contribution in [0.2, 0.25) is 0 Å². The maximum absolute atomic E-state index is 10.7. The van der Waals surface area contributed by atoms with E-state index < -0.39 is 34.1 Å². The van der Waals surface area contributed by atoms with E-state index in [1.165, 1.54) is 0 Å². The Labute approximate surface area is 94.6 Å². The van der Waals surface area contributed by atoms with Gasteiger partial charge in [0.15, 0.2) is 0 Å². The molecule has 0 saturated heterocycles. The van der Waals surface area contributed by atoms with Gasteiger partial charge in [-0.2, -0.15) is 0 Å². The van der Waals surface area contributed by atoms with Crippen LogP contribution >= 0.6 is 0 Å². The third kappa shape index (κ3) is 3.09. The van der Waals surface area contributed by atoms with Crippen molar-refractivity contribution >= 4 is 17.1 Å². The van der Waals surface area contributed by atoms with E-state index in [9.17, 15) is 20.2 Å². The molecule has 1 aromatic rings. The number of benzene rings is 1. The number of hydrogen-bond acceptors (Lipinski definition) is 7. The molecule has 0 fully saturated rings. The lowest BCUT2D eigenvalue weighted by atomic mass is 10.2. The van der Waals surface area contributed by atoms with Crippen molar-refractivity contribution in [1.82, 2.24) is 0 Å². The van der Waals surface area contributed by atoms with E-state index in [4.69, 9.17) is 10.2 Å². The maximum atomic E-state index is 10.7. The molecule has 9 nitrogen and oxygen atoms in total. The Hall–Kier alpha value is -2.26. The van der Waals surface area contributed by atoms with Crippen molar-refractivity contribution in [3.05, 3.63) is 38.4 Å². The molecule has 1 unspecified atom stereocenters. The second-order valence-corrected chi connectivity index (χ2v) is 3.06. The Morgan fingerprint density at radius 2 is 1.94 bits per heavy atom. The molecule has 1 rings (SSSR count). The molecule has 0 aliphatic rings. The van der Waals surface area contributed by atoms with Gasteiger partial charge in [-0.1, -0.05) is 0 Å². The van der Waals surface area contributed by atoms with Gasteiger partial charge in [0.1, 0.15) is 11.9 Å². The lowest BCUT2D eigenvalue weighted by Gasteiger charge is -2.10. The molecule has 0 spiro atoms. The van der Waals surface area contributed by atoms with Crippen LogP contribution in [0.1, 0.15) is 0 Å². The molecule has 92 valence electrons. The van der Waals surface area contributed by atoms with Gasteiger partial charge in [0.05, 0.1) is 22.5 Å². The van der Waals surface area contributed by atoms with Crippen molar-refractivity contribution in [3.63, 3.8) is 0 Å². The zero-order valence-corrected chi connectivity index (χ0v) is 8.44. The first-order valence-corrected chi connectivity index (χ1v) is 4.44. The van der Waals surface area contributed by atoms with Gasteiger partial charge in [0, 0.05) is 6.07 Å². The highest BCUT2D eigenvalue weighted by atomic mass is 16.6. The standard InChI is InChI=1S/C8H9N3O6/c12-4-8(13)9-6-2-1-5(10(14)15)3-7(6)11(16)17/h1-3,8-9,12-13H,4H2. The number of rotatable bonds is 5. The zero-order chi connectivity index (χ0) is 13.0. The monoisotopic (exact) mass is 243 g/mol. The van der Waals surface area contributed by atoms with E-state index in [0.29, 0.717) is 0 Å². The summed E-state index contributed by atoms with van der Waals surface area (Å²) in [4.78, 5) is 19.5. The number of hydrogen-bond donors (Lipinski definition) is 3. The summed E-state index contributed by atoms with van der Waals surface area (Å²) in [6.45, 7) is -0.645. The zero-order valence-electron chi connectivity index (χ0n) is 8.44. The molecule has 0 amide bonds. The van der Waals surface area contributed by atoms with Crippen LogP contribution in [0.15, 0.2) is 18.2 Å². The average Bonchev–Trinajstić information content (AvgIpc) is 2.28. The lowest BCUT2D eigenvalue weighted by Crippen LogP contribution is -2.23. The van der Waals surface area contributed by atoms with Crippen LogP contribution in [-0.2, 0) is 0 Å². The highest BCUT2D eigenvalue weighted by Crippen LogP contribution is 2.29. The molecule has 3 N–H and O–H groups in total. The van der Waals surface area contributed by atoms with E-state index >= 15 is 0 Å². The summed E-state index contributed by atoms with van der Waals surface area (Å²) in [5.41, 5.74) is -1.09. The van der Waals surface area contributed by atoms with Gasteiger partial charge in [-0.15, -0.1) is 0 Å². The van der Waals surface area contributed by atoms with Gasteiger partial charge < -0.3 is 15.5 Å². The van der Waals surface area contributed by atoms with E-state index in [1.807, 2.05) is 0 Å². The smallest absolute Gasteiger partial charge is 0.299 e. The fourth-order valence-corrected chi connectivity index (χ4v) is 1.13. The number of aliphatic hydroxyl groups is 2. The van der Waals surface area contributed by atoms with Crippen LogP contribution in [0.5, 0.6) is 0 Å². The highest BCUT2D eigenvalue weighted by Gasteiger charge is 2.20. The average molecular weight is 243 g/mol. The third-order valence-corrected chi connectivity index (χ3v) is 1.88. The number of nitro groups is 2. The van der Waals surface area contributed by atoms with Crippen LogP contribution in [0.4, 0.5) is 17.1 Å². The molecule has 0 aliphatic carbocycles. The van der Waals surface area contributed by atoms with Crippen molar-refractivity contribution in [2.24, 2.45) is 0 Å². The SMILES string of the molecule is O=[N+]([O-])c1ccc(NC(O)CO)c([N+](=O)[O-])c1. The van der Waals surface area contributed by atoms with Crippen molar-refractivity contribution in [1.29, 1.82) is 0 Å². The molecule has 1 aromatic carbocycles. The van der Waals surface area contributed by atoms with Gasteiger partial charge in [-0.05, 0) is 6.07 Å². The first-order chi connectivity index (χ1) is 7.95. The van der Waals surface area contributed by atoms with Gasteiger partial charge in [0.25, 0.3) is 11.4 Å². The van der Waals surface area contributed by atoms with Crippen molar-refractivity contribution in [2.75, 3.05) is 11.9 Å². The second kappa shape index (κ2) is 5.18. The fourth-order valence-electron chi connectivity index (χ4n) is 1.13. The molecule has 1 atom stereocenters. The van der Waals surface area contributed by atoms with E-state index in [2.05, 4.69) is 5.32 Å². The van der Waals surface area contributed by atoms with Crippen LogP contribution in [0.25, 0.3) is 0 Å². The fraction of sp³-hybridized carbons (Fsp3) is 0.250. The molecule has 0 bridgehead atoms. The summed E-state index contributed by atoms with van der Waals surface area (Å²) < 4.78 is 0. The van der Waals surface area contributed by atoms with Crippen molar-refractivity contribution < 1.29 is 20.1 Å². The molecule has 17 heavy (non-hydrogen) atoms. The third-order valence-electron chi connectivity index (χ3n) is 1.88. The van der Waals surface area contributed by atoms with E-state index in [1.54, 1.807) is 0 Å². The summed E-state index contributed by atoms with van der Waals surface area (Å²) in [5.74, 6) is 0. The van der Waals surface area contributed by atoms with E-state index in [-0.39, 0.29) is 5.69 Å². The highest BCUT2D eigenvalue weighted by molar-refractivity contribution is 5.65. The summed E-state index contributed by atoms with van der Waals surface area (Å²) in [7, 11) is 0. The normalized spacial score (nSPS) is 11.9. The predicted octanol–water partition coefficient (Wildman–Crippen LogP) is 0.226. The summed E-state index contributed by atoms with van der Waals surface area (Å²) in [6.07, 6.45) is -1.38. The largest absolute Gasteiger partial charge is 0.392 e. The molecular weight excluding hydrogens is 234 g/mol. The van der Waals surface area contributed by atoms with Crippen LogP contribution in [0, 0.1) is 20.2 Å². The number of nitro benzene ring substituents is 2. The lowest BCUT2D eigenvalue weighted by molar-refractivity contribution is -0.393. The van der Waals surface area contributed by atoms with E-state index in [0.717, 1.165) is 18.2 Å². The van der Waals surface area contributed by atoms with Crippen molar-refractivity contribution in [3.8, 4) is 0 Å². The van der Waals surface area contributed by atoms with Crippen molar-refractivity contribution in [2.45, 2.75) is 6.23 Å². The number of non-ortho nitro benzene ring substituents is 1. The minimum absolute atomic E-state index is 0.109. The molecule has 0 saturated carbocycles. The summed E-state index contributed by atoms with van der Waals surface area (Å²) in [6, 6.07) is 2.92. The van der Waals surface area contributed by atoms with Crippen LogP contribution in [0.3, 0.4) is 0 Å². The van der Waals surface area contributed by atoms with Crippen LogP contribution < -0.4 is 5.32 Å². The van der Waals surface area contributed by atoms with Gasteiger partial charge in [-0.25, -0.2) is 0 Å². The molecule has 9 heteroatoms. The maximum Gasteiger partial charge on any atom is 0.299 e. The van der Waals surface area contributed by atoms with Gasteiger partial charge in [-0.3, -0.25) is 20.2 Å². The first-order valence-electron chi connectivity index (χ1n) is 4.44. The number of nitrogens with zero attached hydrogens (tertiary/aromatic N) is 2. The van der Waals surface area contributed by atoms with Gasteiger partial charge in [0.2, 0.25) is 0 Å². The Morgan fingerprint density at radius 1 is 1.29 bits per heavy atom. The van der Waals surface area contributed by atoms with Gasteiger partial charge >= 0.3 is 0 Å². The molecule has 0 heterocycles. The Morgan fingerprint density at radius 3 is 2.41 bits per heavy atom. The minimum Gasteiger partial charge on any atom is -0.392 e. The Bertz CT molecular complexity index is 449. The minimum atomic E-state index is -1.38. The number of nitrogens with one attached hydrogen (secondary N) is 1. The first kappa shape index (κ1) is 12.8.